The van der Waals surface area contributed by atoms with Crippen molar-refractivity contribution in [3.05, 3.63) is 12.4 Å². The number of rotatable bonds is 5. The van der Waals surface area contributed by atoms with Crippen LogP contribution in [0.25, 0.3) is 0 Å². The maximum atomic E-state index is 11.6. The molecule has 0 aliphatic carbocycles. The summed E-state index contributed by atoms with van der Waals surface area (Å²) < 4.78 is 0. The van der Waals surface area contributed by atoms with E-state index in [1.165, 1.54) is 0 Å². The number of carbonyl (C=O) groups is 1. The average Bonchev–Trinajstić information content (AvgIpc) is 2.94. The van der Waals surface area contributed by atoms with Crippen molar-refractivity contribution in [3.8, 4) is 0 Å². The monoisotopic (exact) mass is 347 g/mol. The molecule has 1 unspecified atom stereocenters. The summed E-state index contributed by atoms with van der Waals surface area (Å²) in [5.41, 5.74) is 0.134. The highest BCUT2D eigenvalue weighted by Gasteiger charge is 2.48. The van der Waals surface area contributed by atoms with Gasteiger partial charge in [-0.3, -0.25) is 9.69 Å². The van der Waals surface area contributed by atoms with Crippen LogP contribution in [0.3, 0.4) is 0 Å². The highest BCUT2D eigenvalue weighted by Crippen LogP contribution is 2.44. The number of aromatic nitrogens is 2. The molecule has 7 nitrogen and oxygen atoms in total. The third kappa shape index (κ3) is 3.56. The van der Waals surface area contributed by atoms with Crippen LogP contribution < -0.4 is 9.80 Å². The molecule has 25 heavy (non-hydrogen) atoms. The number of anilines is 2. The van der Waals surface area contributed by atoms with Crippen LogP contribution in [0.1, 0.15) is 32.6 Å². The lowest BCUT2D eigenvalue weighted by atomic mass is 9.76. The zero-order chi connectivity index (χ0) is 18.0. The second-order valence-electron chi connectivity index (χ2n) is 7.61. The van der Waals surface area contributed by atoms with E-state index in [1.54, 1.807) is 12.4 Å². The van der Waals surface area contributed by atoms with Crippen LogP contribution in [-0.2, 0) is 4.79 Å². The van der Waals surface area contributed by atoms with Gasteiger partial charge in [-0.1, -0.05) is 6.92 Å². The van der Waals surface area contributed by atoms with E-state index in [0.29, 0.717) is 0 Å². The Bertz CT molecular complexity index is 613. The van der Waals surface area contributed by atoms with E-state index in [2.05, 4.69) is 26.7 Å². The minimum atomic E-state index is -0.670. The fraction of sp³-hybridized carbons (Fsp3) is 0.722. The van der Waals surface area contributed by atoms with Gasteiger partial charge in [-0.25, -0.2) is 9.97 Å². The third-order valence-electron chi connectivity index (χ3n) is 5.61. The van der Waals surface area contributed by atoms with Crippen LogP contribution in [0, 0.1) is 5.41 Å². The topological polar surface area (TPSA) is 72.8 Å². The van der Waals surface area contributed by atoms with Crippen molar-refractivity contribution >= 4 is 17.6 Å². The molecule has 0 saturated carbocycles. The zero-order valence-electron chi connectivity index (χ0n) is 15.5. The SMILES string of the molecule is CCCN1CC2(CCN(c3nccnc3N(C)C)CC2)CC1C(=O)O. The first-order valence-electron chi connectivity index (χ1n) is 9.16. The quantitative estimate of drug-likeness (QED) is 0.869. The number of carboxylic acid groups (broad SMARTS) is 1. The predicted molar refractivity (Wildman–Crippen MR) is 98.1 cm³/mol. The van der Waals surface area contributed by atoms with Gasteiger partial charge in [0.1, 0.15) is 6.04 Å². The molecule has 2 fully saturated rings. The number of aliphatic carboxylic acids is 1. The van der Waals surface area contributed by atoms with Crippen LogP contribution in [-0.4, -0.2) is 72.3 Å². The smallest absolute Gasteiger partial charge is 0.320 e. The Morgan fingerprint density at radius 1 is 1.32 bits per heavy atom. The van der Waals surface area contributed by atoms with Crippen LogP contribution in [0.15, 0.2) is 12.4 Å². The average molecular weight is 347 g/mol. The molecule has 0 aromatic carbocycles. The maximum absolute atomic E-state index is 11.6. The van der Waals surface area contributed by atoms with E-state index in [4.69, 9.17) is 0 Å². The van der Waals surface area contributed by atoms with Crippen LogP contribution >= 0.6 is 0 Å². The molecule has 1 spiro atoms. The van der Waals surface area contributed by atoms with Gasteiger partial charge in [0.2, 0.25) is 0 Å². The number of carboxylic acids is 1. The number of nitrogens with zero attached hydrogens (tertiary/aromatic N) is 5. The lowest BCUT2D eigenvalue weighted by Gasteiger charge is -2.40. The summed E-state index contributed by atoms with van der Waals surface area (Å²) in [6, 6.07) is -0.319. The van der Waals surface area contributed by atoms with Crippen molar-refractivity contribution in [1.29, 1.82) is 0 Å². The van der Waals surface area contributed by atoms with Crippen LogP contribution in [0.5, 0.6) is 0 Å². The summed E-state index contributed by atoms with van der Waals surface area (Å²) in [4.78, 5) is 27.1. The first-order valence-corrected chi connectivity index (χ1v) is 9.16. The first-order chi connectivity index (χ1) is 12.0. The van der Waals surface area contributed by atoms with E-state index in [-0.39, 0.29) is 11.5 Å². The van der Waals surface area contributed by atoms with Crippen molar-refractivity contribution in [2.75, 3.05) is 50.1 Å². The molecular formula is C18H29N5O2. The molecule has 138 valence electrons. The third-order valence-corrected chi connectivity index (χ3v) is 5.61. The van der Waals surface area contributed by atoms with Gasteiger partial charge in [0.05, 0.1) is 0 Å². The second kappa shape index (κ2) is 7.15. The molecule has 0 bridgehead atoms. The molecule has 3 heterocycles. The van der Waals surface area contributed by atoms with Gasteiger partial charge in [-0.2, -0.15) is 0 Å². The molecule has 7 heteroatoms. The van der Waals surface area contributed by atoms with Gasteiger partial charge in [0, 0.05) is 46.1 Å². The number of hydrogen-bond donors (Lipinski definition) is 1. The normalized spacial score (nSPS) is 23.2. The molecule has 2 aliphatic heterocycles. The molecule has 0 radical (unpaired) electrons. The van der Waals surface area contributed by atoms with Crippen molar-refractivity contribution in [1.82, 2.24) is 14.9 Å². The number of likely N-dealkylation sites (tertiary alicyclic amines) is 1. The predicted octanol–water partition coefficient (Wildman–Crippen LogP) is 1.70. The second-order valence-corrected chi connectivity index (χ2v) is 7.61. The Balaban J connectivity index is 1.71. The van der Waals surface area contributed by atoms with Gasteiger partial charge in [0.15, 0.2) is 11.6 Å². The Morgan fingerprint density at radius 2 is 2.00 bits per heavy atom. The lowest BCUT2D eigenvalue weighted by molar-refractivity contribution is -0.142. The Labute approximate surface area is 149 Å². The van der Waals surface area contributed by atoms with Crippen LogP contribution in [0.4, 0.5) is 11.6 Å². The lowest BCUT2D eigenvalue weighted by Crippen LogP contribution is -2.42. The van der Waals surface area contributed by atoms with E-state index < -0.39 is 5.97 Å². The molecular weight excluding hydrogens is 318 g/mol. The molecule has 2 saturated heterocycles. The van der Waals surface area contributed by atoms with Gasteiger partial charge in [-0.15, -0.1) is 0 Å². The molecule has 1 N–H and O–H groups in total. The Hall–Kier alpha value is -1.89. The summed E-state index contributed by atoms with van der Waals surface area (Å²) in [6.45, 7) is 5.71. The Kier molecular flexibility index (Phi) is 5.13. The van der Waals surface area contributed by atoms with E-state index in [0.717, 1.165) is 63.5 Å². The summed E-state index contributed by atoms with van der Waals surface area (Å²) in [7, 11) is 3.96. The molecule has 1 aromatic heterocycles. The van der Waals surface area contributed by atoms with Crippen molar-refractivity contribution in [3.63, 3.8) is 0 Å². The summed E-state index contributed by atoms with van der Waals surface area (Å²) in [6.07, 6.45) is 7.27. The maximum Gasteiger partial charge on any atom is 0.320 e. The fourth-order valence-electron chi connectivity index (χ4n) is 4.33. The number of piperidine rings is 1. The zero-order valence-corrected chi connectivity index (χ0v) is 15.5. The van der Waals surface area contributed by atoms with Crippen molar-refractivity contribution < 1.29 is 9.90 Å². The van der Waals surface area contributed by atoms with Gasteiger partial charge >= 0.3 is 5.97 Å². The highest BCUT2D eigenvalue weighted by molar-refractivity contribution is 5.74. The molecule has 1 atom stereocenters. The summed E-state index contributed by atoms with van der Waals surface area (Å²) in [5.74, 6) is 1.15. The van der Waals surface area contributed by atoms with E-state index in [1.807, 2.05) is 19.0 Å². The van der Waals surface area contributed by atoms with Gasteiger partial charge in [0.25, 0.3) is 0 Å². The molecule has 1 aromatic rings. The van der Waals surface area contributed by atoms with Crippen molar-refractivity contribution in [2.24, 2.45) is 5.41 Å². The minimum absolute atomic E-state index is 0.134. The molecule has 0 amide bonds. The largest absolute Gasteiger partial charge is 0.480 e. The van der Waals surface area contributed by atoms with Crippen molar-refractivity contribution in [2.45, 2.75) is 38.6 Å². The minimum Gasteiger partial charge on any atom is -0.480 e. The van der Waals surface area contributed by atoms with Crippen LogP contribution in [0.2, 0.25) is 0 Å². The summed E-state index contributed by atoms with van der Waals surface area (Å²) in [5, 5.41) is 9.58. The molecule has 3 rings (SSSR count). The van der Waals surface area contributed by atoms with Gasteiger partial charge < -0.3 is 14.9 Å². The number of hydrogen-bond acceptors (Lipinski definition) is 6. The Morgan fingerprint density at radius 3 is 2.60 bits per heavy atom. The summed E-state index contributed by atoms with van der Waals surface area (Å²) >= 11 is 0. The van der Waals surface area contributed by atoms with Gasteiger partial charge in [-0.05, 0) is 37.6 Å². The fourth-order valence-corrected chi connectivity index (χ4v) is 4.33. The standard InChI is InChI=1S/C18H29N5O2/c1-4-9-23-13-18(12-14(23)17(24)25)5-10-22(11-6-18)16-15(21(2)3)19-7-8-20-16/h7-8,14H,4-6,9-13H2,1-3H3,(H,24,25). The van der Waals surface area contributed by atoms with E-state index >= 15 is 0 Å². The molecule has 2 aliphatic rings. The van der Waals surface area contributed by atoms with E-state index in [9.17, 15) is 9.90 Å². The first kappa shape index (κ1) is 17.9. The highest BCUT2D eigenvalue weighted by atomic mass is 16.4.